The summed E-state index contributed by atoms with van der Waals surface area (Å²) in [6.45, 7) is 4.48. The van der Waals surface area contributed by atoms with Crippen molar-refractivity contribution in [2.45, 2.75) is 39.5 Å². The molecule has 2 aromatic rings. The van der Waals surface area contributed by atoms with Gasteiger partial charge in [-0.1, -0.05) is 39.5 Å². The fourth-order valence-electron chi connectivity index (χ4n) is 1.84. The molecule has 0 aliphatic carbocycles. The van der Waals surface area contributed by atoms with E-state index in [4.69, 9.17) is 0 Å². The van der Waals surface area contributed by atoms with E-state index in [1.807, 2.05) is 30.3 Å². The Morgan fingerprint density at radius 3 is 2.06 bits per heavy atom. The SMILES string of the molecule is CCCc1ccc[c-]1CCC.[Fe].[cH-]1[cH-][cH-][cH-][cH-]1. The molecular weight excluding hydrogens is 248 g/mol. The van der Waals surface area contributed by atoms with Crippen LogP contribution in [0.15, 0.2) is 48.5 Å². The van der Waals surface area contributed by atoms with Crippen molar-refractivity contribution in [1.29, 1.82) is 0 Å². The monoisotopic (exact) mass is 270 g/mol. The standard InChI is InChI=1S/C11H17.C5H5.Fe/c1-3-6-10-8-5-9-11(10)7-4-2;1-2-4-5-3-1;/h5,8-9H,3-4,6-7H2,1-2H3;1-5H;/q-1;-5;. The van der Waals surface area contributed by atoms with E-state index < -0.39 is 0 Å². The Labute approximate surface area is 116 Å². The van der Waals surface area contributed by atoms with E-state index >= 15 is 0 Å². The summed E-state index contributed by atoms with van der Waals surface area (Å²) in [7, 11) is 0. The number of rotatable bonds is 4. The smallest absolute Gasteiger partial charge is 0 e. The van der Waals surface area contributed by atoms with Crippen molar-refractivity contribution in [3.8, 4) is 0 Å². The largest absolute Gasteiger partial charge is 0.748 e. The molecule has 0 unspecified atom stereocenters. The molecule has 1 heteroatoms. The topological polar surface area (TPSA) is 0 Å². The number of hydrogen-bond acceptors (Lipinski definition) is 0. The zero-order valence-corrected chi connectivity index (χ0v) is 11.9. The van der Waals surface area contributed by atoms with Gasteiger partial charge in [-0.15, -0.1) is 0 Å². The van der Waals surface area contributed by atoms with Crippen LogP contribution in [-0.2, 0) is 29.9 Å². The van der Waals surface area contributed by atoms with Crippen LogP contribution in [0.1, 0.15) is 37.8 Å². The fraction of sp³-hybridized carbons (Fsp3) is 0.375. The van der Waals surface area contributed by atoms with Crippen LogP contribution in [0.25, 0.3) is 0 Å². The molecule has 0 saturated heterocycles. The van der Waals surface area contributed by atoms with Crippen molar-refractivity contribution in [2.75, 3.05) is 0 Å². The van der Waals surface area contributed by atoms with Gasteiger partial charge in [0.1, 0.15) is 0 Å². The zero-order valence-electron chi connectivity index (χ0n) is 10.8. The van der Waals surface area contributed by atoms with Gasteiger partial charge in [-0.25, -0.2) is 12.1 Å². The van der Waals surface area contributed by atoms with E-state index in [1.54, 1.807) is 11.1 Å². The molecule has 0 radical (unpaired) electrons. The molecule has 100 valence electrons. The predicted molar refractivity (Wildman–Crippen MR) is 72.1 cm³/mol. The predicted octanol–water partition coefficient (Wildman–Crippen LogP) is 4.71. The summed E-state index contributed by atoms with van der Waals surface area (Å²) in [6.07, 6.45) is 5.03. The van der Waals surface area contributed by atoms with Gasteiger partial charge in [-0.2, -0.15) is 17.2 Å². The van der Waals surface area contributed by atoms with Crippen molar-refractivity contribution in [3.05, 3.63) is 59.7 Å². The molecule has 2 rings (SSSR count). The molecule has 0 N–H and O–H groups in total. The van der Waals surface area contributed by atoms with Crippen molar-refractivity contribution in [1.82, 2.24) is 0 Å². The minimum atomic E-state index is 0. The summed E-state index contributed by atoms with van der Waals surface area (Å²) >= 11 is 0. The molecular formula is C16H22Fe-6. The summed E-state index contributed by atoms with van der Waals surface area (Å²) in [5.74, 6) is 0. The normalized spacial score (nSPS) is 9.06. The Bertz CT molecular complexity index is 306. The van der Waals surface area contributed by atoms with Crippen LogP contribution in [0, 0.1) is 0 Å². The summed E-state index contributed by atoms with van der Waals surface area (Å²) in [6, 6.07) is 16.7. The molecule has 0 heterocycles. The third-order valence-electron chi connectivity index (χ3n) is 2.60. The van der Waals surface area contributed by atoms with Crippen molar-refractivity contribution in [3.63, 3.8) is 0 Å². The first-order chi connectivity index (χ1) is 7.88. The van der Waals surface area contributed by atoms with E-state index in [9.17, 15) is 0 Å². The van der Waals surface area contributed by atoms with Gasteiger partial charge < -0.3 is 30.3 Å². The van der Waals surface area contributed by atoms with Gasteiger partial charge in [0, 0.05) is 17.1 Å². The van der Waals surface area contributed by atoms with E-state index in [0.717, 1.165) is 0 Å². The maximum atomic E-state index is 2.26. The summed E-state index contributed by atoms with van der Waals surface area (Å²) in [5.41, 5.74) is 3.13. The second-order valence-corrected chi connectivity index (χ2v) is 4.04. The van der Waals surface area contributed by atoms with E-state index in [1.165, 1.54) is 25.7 Å². The first kappa shape index (κ1) is 16.2. The van der Waals surface area contributed by atoms with Crippen LogP contribution in [0.3, 0.4) is 0 Å². The average molecular weight is 270 g/mol. The van der Waals surface area contributed by atoms with Crippen LogP contribution in [-0.4, -0.2) is 0 Å². The minimum absolute atomic E-state index is 0. The minimum Gasteiger partial charge on any atom is -0.748 e. The molecule has 2 aromatic carbocycles. The van der Waals surface area contributed by atoms with Crippen molar-refractivity contribution in [2.24, 2.45) is 0 Å². The van der Waals surface area contributed by atoms with Crippen LogP contribution < -0.4 is 0 Å². The Hall–Kier alpha value is -0.781. The van der Waals surface area contributed by atoms with Crippen LogP contribution in [0.2, 0.25) is 0 Å². The second kappa shape index (κ2) is 10.4. The van der Waals surface area contributed by atoms with Crippen LogP contribution in [0.4, 0.5) is 0 Å². The van der Waals surface area contributed by atoms with Gasteiger partial charge >= 0.3 is 0 Å². The summed E-state index contributed by atoms with van der Waals surface area (Å²) < 4.78 is 0. The van der Waals surface area contributed by atoms with Crippen molar-refractivity contribution < 1.29 is 17.1 Å². The summed E-state index contributed by atoms with van der Waals surface area (Å²) in [4.78, 5) is 0. The summed E-state index contributed by atoms with van der Waals surface area (Å²) in [5, 5.41) is 0. The van der Waals surface area contributed by atoms with Gasteiger partial charge in [0.25, 0.3) is 0 Å². The average Bonchev–Trinajstić information content (AvgIpc) is 2.93. The molecule has 0 atom stereocenters. The van der Waals surface area contributed by atoms with E-state index in [-0.39, 0.29) is 17.1 Å². The van der Waals surface area contributed by atoms with Gasteiger partial charge in [-0.05, 0) is 0 Å². The van der Waals surface area contributed by atoms with Crippen LogP contribution >= 0.6 is 0 Å². The number of hydrogen-bond donors (Lipinski definition) is 0. The van der Waals surface area contributed by atoms with Gasteiger partial charge in [0.05, 0.1) is 0 Å². The Balaban J connectivity index is 0.000000360. The third-order valence-corrected chi connectivity index (χ3v) is 2.60. The molecule has 17 heavy (non-hydrogen) atoms. The quantitative estimate of drug-likeness (QED) is 0.557. The van der Waals surface area contributed by atoms with Gasteiger partial charge in [-0.3, -0.25) is 0 Å². The van der Waals surface area contributed by atoms with Crippen LogP contribution in [0.5, 0.6) is 0 Å². The molecule has 0 aliphatic heterocycles. The van der Waals surface area contributed by atoms with E-state index in [2.05, 4.69) is 32.0 Å². The first-order valence-corrected chi connectivity index (χ1v) is 6.28. The van der Waals surface area contributed by atoms with Crippen molar-refractivity contribution >= 4 is 0 Å². The Morgan fingerprint density at radius 1 is 1.00 bits per heavy atom. The maximum absolute atomic E-state index is 2.26. The fourth-order valence-corrected chi connectivity index (χ4v) is 1.84. The molecule has 0 spiro atoms. The molecule has 0 saturated carbocycles. The molecule has 0 aromatic heterocycles. The number of aryl methyl sites for hydroxylation is 2. The van der Waals surface area contributed by atoms with Gasteiger partial charge in [0.15, 0.2) is 0 Å². The molecule has 0 nitrogen and oxygen atoms in total. The molecule has 0 bridgehead atoms. The first-order valence-electron chi connectivity index (χ1n) is 6.28. The third kappa shape index (κ3) is 6.51. The zero-order chi connectivity index (χ0) is 11.6. The maximum Gasteiger partial charge on any atom is 0 e. The van der Waals surface area contributed by atoms with E-state index in [0.29, 0.717) is 0 Å². The Morgan fingerprint density at radius 2 is 1.59 bits per heavy atom. The molecule has 0 fully saturated rings. The second-order valence-electron chi connectivity index (χ2n) is 4.04. The molecule has 0 aliphatic rings. The molecule has 0 amide bonds. The van der Waals surface area contributed by atoms with Gasteiger partial charge in [0.2, 0.25) is 0 Å². The Kier molecular flexibility index (Phi) is 9.90.